The van der Waals surface area contributed by atoms with E-state index < -0.39 is 22.8 Å². The van der Waals surface area contributed by atoms with Crippen molar-refractivity contribution < 1.29 is 18.9 Å². The predicted molar refractivity (Wildman–Crippen MR) is 71.7 cm³/mol. The van der Waals surface area contributed by atoms with Crippen LogP contribution < -0.4 is 10.6 Å². The molecule has 0 bridgehead atoms. The molecule has 1 aromatic rings. The zero-order valence-corrected chi connectivity index (χ0v) is 11.4. The maximum Gasteiger partial charge on any atom is 0.337 e. The molecule has 0 aliphatic rings. The van der Waals surface area contributed by atoms with Crippen molar-refractivity contribution in [2.45, 2.75) is 12.2 Å². The molecular formula is C11H15N3O4S. The van der Waals surface area contributed by atoms with Crippen LogP contribution in [0, 0.1) is 0 Å². The van der Waals surface area contributed by atoms with Crippen LogP contribution in [-0.2, 0) is 10.8 Å². The van der Waals surface area contributed by atoms with E-state index in [-0.39, 0.29) is 23.0 Å². The molecule has 2 unspecified atom stereocenters. The summed E-state index contributed by atoms with van der Waals surface area (Å²) in [6.07, 6.45) is 4.09. The molecule has 1 heterocycles. The first kappa shape index (κ1) is 15.1. The van der Waals surface area contributed by atoms with Crippen molar-refractivity contribution in [3.05, 3.63) is 24.0 Å². The lowest BCUT2D eigenvalue weighted by Gasteiger charge is -2.11. The molecule has 19 heavy (non-hydrogen) atoms. The van der Waals surface area contributed by atoms with Crippen LogP contribution in [0.4, 0.5) is 10.5 Å². The van der Waals surface area contributed by atoms with Gasteiger partial charge in [-0.25, -0.2) is 9.59 Å². The Kier molecular flexibility index (Phi) is 5.43. The molecule has 0 fully saturated rings. The first-order valence-corrected chi connectivity index (χ1v) is 7.07. The topological polar surface area (TPSA) is 108 Å². The summed E-state index contributed by atoms with van der Waals surface area (Å²) < 4.78 is 11.1. The van der Waals surface area contributed by atoms with E-state index in [9.17, 15) is 13.8 Å². The van der Waals surface area contributed by atoms with Gasteiger partial charge >= 0.3 is 12.0 Å². The number of anilines is 1. The fraction of sp³-hybridized carbons (Fsp3) is 0.364. The van der Waals surface area contributed by atoms with Gasteiger partial charge in [0.15, 0.2) is 0 Å². The van der Waals surface area contributed by atoms with E-state index in [0.717, 1.165) is 0 Å². The SMILES string of the molecule is CC(CNC(=O)Nc1cncc(C(=O)O)c1)S(C)=O. The van der Waals surface area contributed by atoms with Crippen LogP contribution in [-0.4, -0.2) is 44.4 Å². The number of urea groups is 1. The monoisotopic (exact) mass is 285 g/mol. The number of carboxylic acid groups (broad SMARTS) is 1. The van der Waals surface area contributed by atoms with Crippen molar-refractivity contribution in [2.75, 3.05) is 18.1 Å². The van der Waals surface area contributed by atoms with Crippen molar-refractivity contribution >= 4 is 28.5 Å². The summed E-state index contributed by atoms with van der Waals surface area (Å²) in [5, 5.41) is 13.6. The first-order chi connectivity index (χ1) is 8.90. The standard InChI is InChI=1S/C11H15N3O4S/c1-7(19(2)18)4-13-11(17)14-9-3-8(10(15)16)5-12-6-9/h3,5-7H,4H2,1-2H3,(H,15,16)(H2,13,14,17). The zero-order valence-electron chi connectivity index (χ0n) is 10.5. The van der Waals surface area contributed by atoms with Crippen LogP contribution in [0.2, 0.25) is 0 Å². The summed E-state index contributed by atoms with van der Waals surface area (Å²) >= 11 is 0. The molecule has 7 nitrogen and oxygen atoms in total. The van der Waals surface area contributed by atoms with Crippen molar-refractivity contribution in [3.8, 4) is 0 Å². The predicted octanol–water partition coefficient (Wildman–Crippen LogP) is 0.668. The number of aromatic carboxylic acids is 1. The number of aromatic nitrogens is 1. The van der Waals surface area contributed by atoms with Gasteiger partial charge in [-0.3, -0.25) is 9.19 Å². The molecule has 104 valence electrons. The lowest BCUT2D eigenvalue weighted by Crippen LogP contribution is -2.35. The third-order valence-electron chi connectivity index (χ3n) is 2.36. The molecule has 0 radical (unpaired) electrons. The Morgan fingerprint density at radius 2 is 2.16 bits per heavy atom. The van der Waals surface area contributed by atoms with E-state index in [1.165, 1.54) is 18.5 Å². The molecule has 0 aliphatic carbocycles. The number of nitrogens with one attached hydrogen (secondary N) is 2. The molecule has 3 N–H and O–H groups in total. The van der Waals surface area contributed by atoms with E-state index in [1.54, 1.807) is 13.2 Å². The van der Waals surface area contributed by atoms with Gasteiger partial charge in [0.05, 0.1) is 17.4 Å². The maximum absolute atomic E-state index is 11.5. The average Bonchev–Trinajstić information content (AvgIpc) is 2.36. The Morgan fingerprint density at radius 1 is 1.47 bits per heavy atom. The van der Waals surface area contributed by atoms with Gasteiger partial charge in [-0.05, 0) is 13.0 Å². The summed E-state index contributed by atoms with van der Waals surface area (Å²) in [7, 11) is -1.02. The fourth-order valence-electron chi connectivity index (χ4n) is 1.15. The summed E-state index contributed by atoms with van der Waals surface area (Å²) in [4.78, 5) is 26.0. The lowest BCUT2D eigenvalue weighted by molar-refractivity contribution is 0.0696. The van der Waals surface area contributed by atoms with Crippen LogP contribution in [0.5, 0.6) is 0 Å². The van der Waals surface area contributed by atoms with Crippen molar-refractivity contribution in [1.29, 1.82) is 0 Å². The number of hydrogen-bond acceptors (Lipinski definition) is 4. The van der Waals surface area contributed by atoms with Gasteiger partial charge in [0, 0.05) is 35.0 Å². The van der Waals surface area contributed by atoms with Crippen LogP contribution >= 0.6 is 0 Å². The van der Waals surface area contributed by atoms with Gasteiger partial charge in [0.1, 0.15) is 0 Å². The number of pyridine rings is 1. The smallest absolute Gasteiger partial charge is 0.337 e. The molecule has 1 aromatic heterocycles. The molecular weight excluding hydrogens is 270 g/mol. The second-order valence-corrected chi connectivity index (χ2v) is 5.71. The highest BCUT2D eigenvalue weighted by Gasteiger charge is 2.09. The first-order valence-electron chi connectivity index (χ1n) is 5.45. The molecule has 2 atom stereocenters. The molecule has 1 rings (SSSR count). The highest BCUT2D eigenvalue weighted by molar-refractivity contribution is 7.84. The number of carbonyl (C=O) groups is 2. The Bertz CT molecular complexity index is 506. The number of carbonyl (C=O) groups excluding carboxylic acids is 1. The van der Waals surface area contributed by atoms with E-state index in [2.05, 4.69) is 15.6 Å². The van der Waals surface area contributed by atoms with E-state index in [4.69, 9.17) is 5.11 Å². The quantitative estimate of drug-likeness (QED) is 0.736. The molecule has 2 amide bonds. The lowest BCUT2D eigenvalue weighted by atomic mass is 10.3. The number of rotatable bonds is 5. The Balaban J connectivity index is 2.55. The van der Waals surface area contributed by atoms with Crippen LogP contribution in [0.1, 0.15) is 17.3 Å². The van der Waals surface area contributed by atoms with Gasteiger partial charge in [-0.1, -0.05) is 0 Å². The van der Waals surface area contributed by atoms with E-state index in [1.807, 2.05) is 0 Å². The Labute approximate surface area is 112 Å². The minimum absolute atomic E-state index is 0.0131. The van der Waals surface area contributed by atoms with Crippen LogP contribution in [0.25, 0.3) is 0 Å². The fourth-order valence-corrected chi connectivity index (χ4v) is 1.47. The third-order valence-corrected chi connectivity index (χ3v) is 3.66. The minimum Gasteiger partial charge on any atom is -0.478 e. The van der Waals surface area contributed by atoms with Crippen molar-refractivity contribution in [3.63, 3.8) is 0 Å². The Hall–Kier alpha value is -1.96. The molecule has 0 saturated heterocycles. The molecule has 0 aromatic carbocycles. The van der Waals surface area contributed by atoms with Gasteiger partial charge in [-0.15, -0.1) is 0 Å². The van der Waals surface area contributed by atoms with Crippen molar-refractivity contribution in [1.82, 2.24) is 10.3 Å². The molecule has 0 saturated carbocycles. The van der Waals surface area contributed by atoms with Crippen molar-refractivity contribution in [2.24, 2.45) is 0 Å². The van der Waals surface area contributed by atoms with Crippen LogP contribution in [0.15, 0.2) is 18.5 Å². The largest absolute Gasteiger partial charge is 0.478 e. The number of carboxylic acids is 1. The number of amides is 2. The normalized spacial score (nSPS) is 13.4. The average molecular weight is 285 g/mol. The third kappa shape index (κ3) is 5.04. The van der Waals surface area contributed by atoms with E-state index >= 15 is 0 Å². The second-order valence-electron chi connectivity index (χ2n) is 3.91. The van der Waals surface area contributed by atoms with Gasteiger partial charge < -0.3 is 15.7 Å². The minimum atomic E-state index is -1.12. The van der Waals surface area contributed by atoms with Gasteiger partial charge in [-0.2, -0.15) is 0 Å². The number of hydrogen-bond donors (Lipinski definition) is 3. The summed E-state index contributed by atoms with van der Waals surface area (Å²) in [6, 6.07) is 0.803. The number of nitrogens with zero attached hydrogens (tertiary/aromatic N) is 1. The molecule has 0 spiro atoms. The van der Waals surface area contributed by atoms with E-state index in [0.29, 0.717) is 0 Å². The summed E-state index contributed by atoms with van der Waals surface area (Å²) in [5.74, 6) is -1.12. The summed E-state index contributed by atoms with van der Waals surface area (Å²) in [6.45, 7) is 2.02. The van der Waals surface area contributed by atoms with Gasteiger partial charge in [0.2, 0.25) is 0 Å². The molecule has 0 aliphatic heterocycles. The summed E-state index contributed by atoms with van der Waals surface area (Å²) in [5.41, 5.74) is 0.267. The highest BCUT2D eigenvalue weighted by atomic mass is 32.2. The zero-order chi connectivity index (χ0) is 14.4. The second kappa shape index (κ2) is 6.83. The van der Waals surface area contributed by atoms with Gasteiger partial charge in [0.25, 0.3) is 0 Å². The Morgan fingerprint density at radius 3 is 2.74 bits per heavy atom. The van der Waals surface area contributed by atoms with Crippen LogP contribution in [0.3, 0.4) is 0 Å². The molecule has 8 heteroatoms. The maximum atomic E-state index is 11.5. The highest BCUT2D eigenvalue weighted by Crippen LogP contribution is 2.08.